The van der Waals surface area contributed by atoms with Gasteiger partial charge in [0.25, 0.3) is 0 Å². The molecule has 1 heterocycles. The number of aliphatic hydroxyl groups excluding tert-OH is 1. The number of benzene rings is 2. The van der Waals surface area contributed by atoms with E-state index in [0.717, 1.165) is 12.8 Å². The van der Waals surface area contributed by atoms with Crippen molar-refractivity contribution < 1.29 is 9.84 Å². The van der Waals surface area contributed by atoms with Gasteiger partial charge in [0.2, 0.25) is 0 Å². The lowest BCUT2D eigenvalue weighted by Gasteiger charge is -2.19. The number of hydrogen-bond donors (Lipinski definition) is 1. The topological polar surface area (TPSA) is 29.5 Å². The van der Waals surface area contributed by atoms with Crippen LogP contribution in [0.2, 0.25) is 0 Å². The zero-order chi connectivity index (χ0) is 13.2. The Morgan fingerprint density at radius 3 is 2.74 bits per heavy atom. The predicted molar refractivity (Wildman–Crippen MR) is 77.2 cm³/mol. The summed E-state index contributed by atoms with van der Waals surface area (Å²) in [7, 11) is 0. The molecule has 2 nitrogen and oxygen atoms in total. The third kappa shape index (κ3) is 2.65. The number of fused-ring (bicyclic) bond motifs is 1. The second kappa shape index (κ2) is 5.32. The van der Waals surface area contributed by atoms with E-state index in [4.69, 9.17) is 4.74 Å². The SMILES string of the molecule is CC1CCC(C(O)Cc2cccc3ccccc23)O1. The normalized spacial score (nSPS) is 24.7. The minimum Gasteiger partial charge on any atom is -0.390 e. The monoisotopic (exact) mass is 256 g/mol. The standard InChI is InChI=1S/C17H20O2/c1-12-9-10-17(19-12)16(18)11-14-7-4-6-13-5-2-3-8-15(13)14/h2-8,12,16-18H,9-11H2,1H3. The Bertz CT molecular complexity index is 559. The molecule has 0 amide bonds. The maximum absolute atomic E-state index is 10.4. The summed E-state index contributed by atoms with van der Waals surface area (Å²) in [5, 5.41) is 12.8. The van der Waals surface area contributed by atoms with Gasteiger partial charge < -0.3 is 9.84 Å². The summed E-state index contributed by atoms with van der Waals surface area (Å²) in [5.41, 5.74) is 1.20. The number of ether oxygens (including phenoxy) is 1. The van der Waals surface area contributed by atoms with Gasteiger partial charge in [-0.25, -0.2) is 0 Å². The van der Waals surface area contributed by atoms with Gasteiger partial charge in [-0.3, -0.25) is 0 Å². The van der Waals surface area contributed by atoms with Crippen LogP contribution in [0.4, 0.5) is 0 Å². The van der Waals surface area contributed by atoms with Crippen LogP contribution in [0.15, 0.2) is 42.5 Å². The summed E-state index contributed by atoms with van der Waals surface area (Å²) in [6, 6.07) is 14.6. The molecule has 2 aromatic rings. The van der Waals surface area contributed by atoms with Gasteiger partial charge in [0.1, 0.15) is 0 Å². The molecule has 1 aliphatic heterocycles. The Morgan fingerprint density at radius 1 is 1.16 bits per heavy atom. The van der Waals surface area contributed by atoms with Crippen LogP contribution >= 0.6 is 0 Å². The van der Waals surface area contributed by atoms with Crippen molar-refractivity contribution in [3.63, 3.8) is 0 Å². The molecule has 19 heavy (non-hydrogen) atoms. The Morgan fingerprint density at radius 2 is 1.95 bits per heavy atom. The molecular formula is C17H20O2. The quantitative estimate of drug-likeness (QED) is 0.913. The third-order valence-electron chi connectivity index (χ3n) is 4.00. The predicted octanol–water partition coefficient (Wildman–Crippen LogP) is 3.31. The fraction of sp³-hybridized carbons (Fsp3) is 0.412. The van der Waals surface area contributed by atoms with Crippen molar-refractivity contribution in [3.05, 3.63) is 48.0 Å². The van der Waals surface area contributed by atoms with Gasteiger partial charge >= 0.3 is 0 Å². The molecule has 0 bridgehead atoms. The van der Waals surface area contributed by atoms with Crippen LogP contribution in [-0.2, 0) is 11.2 Å². The number of aliphatic hydroxyl groups is 1. The summed E-state index contributed by atoms with van der Waals surface area (Å²) in [6.45, 7) is 2.07. The van der Waals surface area contributed by atoms with E-state index < -0.39 is 6.10 Å². The summed E-state index contributed by atoms with van der Waals surface area (Å²) in [5.74, 6) is 0. The van der Waals surface area contributed by atoms with E-state index in [0.29, 0.717) is 6.42 Å². The van der Waals surface area contributed by atoms with Gasteiger partial charge in [-0.1, -0.05) is 42.5 Å². The molecule has 1 aliphatic rings. The van der Waals surface area contributed by atoms with Gasteiger partial charge in [-0.2, -0.15) is 0 Å². The van der Waals surface area contributed by atoms with Crippen LogP contribution in [0.1, 0.15) is 25.3 Å². The van der Waals surface area contributed by atoms with E-state index in [-0.39, 0.29) is 12.2 Å². The molecular weight excluding hydrogens is 236 g/mol. The van der Waals surface area contributed by atoms with Gasteiger partial charge in [0.15, 0.2) is 0 Å². The summed E-state index contributed by atoms with van der Waals surface area (Å²) >= 11 is 0. The summed E-state index contributed by atoms with van der Waals surface area (Å²) in [4.78, 5) is 0. The van der Waals surface area contributed by atoms with Crippen molar-refractivity contribution >= 4 is 10.8 Å². The zero-order valence-electron chi connectivity index (χ0n) is 11.3. The molecule has 0 aromatic heterocycles. The molecule has 3 atom stereocenters. The van der Waals surface area contributed by atoms with Gasteiger partial charge in [-0.05, 0) is 36.1 Å². The lowest BCUT2D eigenvalue weighted by molar-refractivity contribution is -0.0277. The largest absolute Gasteiger partial charge is 0.390 e. The van der Waals surface area contributed by atoms with Crippen molar-refractivity contribution in [2.45, 2.75) is 44.5 Å². The molecule has 2 heteroatoms. The Hall–Kier alpha value is -1.38. The number of hydrogen-bond acceptors (Lipinski definition) is 2. The maximum atomic E-state index is 10.4. The minimum absolute atomic E-state index is 0.00558. The van der Waals surface area contributed by atoms with Gasteiger partial charge in [0, 0.05) is 6.42 Å². The molecule has 0 spiro atoms. The van der Waals surface area contributed by atoms with Crippen molar-refractivity contribution in [1.29, 1.82) is 0 Å². The van der Waals surface area contributed by atoms with Crippen molar-refractivity contribution in [2.75, 3.05) is 0 Å². The first-order valence-electron chi connectivity index (χ1n) is 7.04. The fourth-order valence-electron chi connectivity index (χ4n) is 2.94. The van der Waals surface area contributed by atoms with Crippen molar-refractivity contribution in [2.24, 2.45) is 0 Å². The highest BCUT2D eigenvalue weighted by atomic mass is 16.5. The average molecular weight is 256 g/mol. The zero-order valence-corrected chi connectivity index (χ0v) is 11.3. The molecule has 1 fully saturated rings. The first-order chi connectivity index (χ1) is 9.24. The van der Waals surface area contributed by atoms with E-state index in [2.05, 4.69) is 37.3 Å². The average Bonchev–Trinajstić information content (AvgIpc) is 2.86. The van der Waals surface area contributed by atoms with Crippen molar-refractivity contribution in [3.8, 4) is 0 Å². The second-order valence-corrected chi connectivity index (χ2v) is 5.47. The van der Waals surface area contributed by atoms with Crippen LogP contribution in [0, 0.1) is 0 Å². The molecule has 1 N–H and O–H groups in total. The van der Waals surface area contributed by atoms with Crippen LogP contribution < -0.4 is 0 Å². The molecule has 0 radical (unpaired) electrons. The maximum Gasteiger partial charge on any atom is 0.0842 e. The first-order valence-corrected chi connectivity index (χ1v) is 7.04. The van der Waals surface area contributed by atoms with E-state index in [1.165, 1.54) is 16.3 Å². The Balaban J connectivity index is 1.81. The molecule has 1 saturated heterocycles. The van der Waals surface area contributed by atoms with Gasteiger partial charge in [0.05, 0.1) is 18.3 Å². The molecule has 3 unspecified atom stereocenters. The smallest absolute Gasteiger partial charge is 0.0842 e. The highest BCUT2D eigenvalue weighted by Gasteiger charge is 2.28. The fourth-order valence-corrected chi connectivity index (χ4v) is 2.94. The Labute approximate surface area is 114 Å². The van der Waals surface area contributed by atoms with E-state index in [1.807, 2.05) is 12.1 Å². The summed E-state index contributed by atoms with van der Waals surface area (Å²) in [6.07, 6.45) is 2.56. The molecule has 2 aromatic carbocycles. The summed E-state index contributed by atoms with van der Waals surface area (Å²) < 4.78 is 5.76. The second-order valence-electron chi connectivity index (χ2n) is 5.47. The lowest BCUT2D eigenvalue weighted by Crippen LogP contribution is -2.28. The van der Waals surface area contributed by atoms with E-state index in [1.54, 1.807) is 0 Å². The van der Waals surface area contributed by atoms with Crippen molar-refractivity contribution in [1.82, 2.24) is 0 Å². The molecule has 0 saturated carbocycles. The minimum atomic E-state index is -0.407. The van der Waals surface area contributed by atoms with E-state index in [9.17, 15) is 5.11 Å². The highest BCUT2D eigenvalue weighted by molar-refractivity contribution is 5.85. The Kier molecular flexibility index (Phi) is 3.54. The van der Waals surface area contributed by atoms with Crippen LogP contribution in [0.25, 0.3) is 10.8 Å². The molecule has 3 rings (SSSR count). The molecule has 100 valence electrons. The third-order valence-corrected chi connectivity index (χ3v) is 4.00. The van der Waals surface area contributed by atoms with Crippen LogP contribution in [0.3, 0.4) is 0 Å². The number of rotatable bonds is 3. The van der Waals surface area contributed by atoms with Crippen LogP contribution in [0.5, 0.6) is 0 Å². The lowest BCUT2D eigenvalue weighted by atomic mass is 9.97. The van der Waals surface area contributed by atoms with Gasteiger partial charge in [-0.15, -0.1) is 0 Å². The van der Waals surface area contributed by atoms with Crippen LogP contribution in [-0.4, -0.2) is 23.4 Å². The highest BCUT2D eigenvalue weighted by Crippen LogP contribution is 2.26. The van der Waals surface area contributed by atoms with E-state index >= 15 is 0 Å². The first kappa shape index (κ1) is 12.6. The molecule has 0 aliphatic carbocycles.